The third-order valence-corrected chi connectivity index (χ3v) is 5.75. The predicted molar refractivity (Wildman–Crippen MR) is 110 cm³/mol. The summed E-state index contributed by atoms with van der Waals surface area (Å²) in [4.78, 5) is 35.5. The number of rotatable bonds is 10. The summed E-state index contributed by atoms with van der Waals surface area (Å²) < 4.78 is 21.2. The van der Waals surface area contributed by atoms with Crippen LogP contribution < -0.4 is 15.2 Å². The van der Waals surface area contributed by atoms with Gasteiger partial charge in [-0.3, -0.25) is 4.79 Å². The second-order valence-electron chi connectivity index (χ2n) is 5.58. The molecule has 10 heteroatoms. The summed E-state index contributed by atoms with van der Waals surface area (Å²) in [5.41, 5.74) is 5.86. The van der Waals surface area contributed by atoms with E-state index in [9.17, 15) is 14.4 Å². The third kappa shape index (κ3) is 6.20. The Morgan fingerprint density at radius 1 is 1.21 bits per heavy atom. The largest absolute Gasteiger partial charge is 0.493 e. The molecule has 0 saturated carbocycles. The SMILES string of the molecule is CCOC(=O)COc1c(C(=O)OC)sc(-c2cccc(OCCC(N)=O)c2)c1Br. The van der Waals surface area contributed by atoms with E-state index in [-0.39, 0.29) is 36.9 Å². The zero-order chi connectivity index (χ0) is 21.4. The highest BCUT2D eigenvalue weighted by Gasteiger charge is 2.25. The van der Waals surface area contributed by atoms with Crippen LogP contribution >= 0.6 is 27.3 Å². The van der Waals surface area contributed by atoms with E-state index in [0.29, 0.717) is 15.1 Å². The molecule has 0 aliphatic heterocycles. The maximum atomic E-state index is 12.2. The number of hydrogen-bond donors (Lipinski definition) is 1. The van der Waals surface area contributed by atoms with Crippen molar-refractivity contribution in [3.8, 4) is 21.9 Å². The van der Waals surface area contributed by atoms with Gasteiger partial charge in [0.1, 0.15) is 5.75 Å². The fourth-order valence-electron chi connectivity index (χ4n) is 2.27. The molecule has 0 unspecified atom stereocenters. The van der Waals surface area contributed by atoms with Gasteiger partial charge in [0, 0.05) is 0 Å². The minimum absolute atomic E-state index is 0.102. The molecule has 0 fully saturated rings. The van der Waals surface area contributed by atoms with Gasteiger partial charge in [-0.15, -0.1) is 11.3 Å². The van der Waals surface area contributed by atoms with Gasteiger partial charge in [-0.25, -0.2) is 9.59 Å². The lowest BCUT2D eigenvalue weighted by molar-refractivity contribution is -0.145. The molecular weight excluding hydrogens is 466 g/mol. The number of hydrogen-bond acceptors (Lipinski definition) is 8. The molecule has 1 aromatic heterocycles. The highest BCUT2D eigenvalue weighted by Crippen LogP contribution is 2.46. The quantitative estimate of drug-likeness (QED) is 0.513. The number of carbonyl (C=O) groups excluding carboxylic acids is 3. The van der Waals surface area contributed by atoms with Crippen molar-refractivity contribution in [2.45, 2.75) is 13.3 Å². The Bertz CT molecular complexity index is 897. The van der Waals surface area contributed by atoms with Crippen LogP contribution in [0.1, 0.15) is 23.0 Å². The molecule has 0 aliphatic rings. The fraction of sp³-hybridized carbons (Fsp3) is 0.316. The normalized spacial score (nSPS) is 10.3. The van der Waals surface area contributed by atoms with Crippen molar-refractivity contribution in [3.05, 3.63) is 33.6 Å². The van der Waals surface area contributed by atoms with E-state index in [4.69, 9.17) is 24.7 Å². The molecule has 0 radical (unpaired) electrons. The molecule has 1 amide bonds. The second-order valence-corrected chi connectivity index (χ2v) is 7.39. The Labute approximate surface area is 180 Å². The number of amides is 1. The van der Waals surface area contributed by atoms with Crippen molar-refractivity contribution in [1.82, 2.24) is 0 Å². The second kappa shape index (κ2) is 10.8. The lowest BCUT2D eigenvalue weighted by Gasteiger charge is -2.08. The maximum Gasteiger partial charge on any atom is 0.351 e. The molecule has 0 bridgehead atoms. The lowest BCUT2D eigenvalue weighted by atomic mass is 10.2. The average molecular weight is 486 g/mol. The molecule has 156 valence electrons. The smallest absolute Gasteiger partial charge is 0.351 e. The van der Waals surface area contributed by atoms with Crippen LogP contribution in [-0.4, -0.2) is 44.8 Å². The summed E-state index contributed by atoms with van der Waals surface area (Å²) in [6.07, 6.45) is 0.102. The van der Waals surface area contributed by atoms with E-state index in [0.717, 1.165) is 16.9 Å². The number of benzene rings is 1. The maximum absolute atomic E-state index is 12.2. The van der Waals surface area contributed by atoms with Crippen LogP contribution in [0.5, 0.6) is 11.5 Å². The molecule has 8 nitrogen and oxygen atoms in total. The first-order valence-corrected chi connectivity index (χ1v) is 10.2. The Hall–Kier alpha value is -2.59. The molecular formula is C19H20BrNO7S. The summed E-state index contributed by atoms with van der Waals surface area (Å²) in [5.74, 6) is -0.849. The van der Waals surface area contributed by atoms with Crippen molar-refractivity contribution < 1.29 is 33.3 Å². The molecule has 2 rings (SSSR count). The monoisotopic (exact) mass is 485 g/mol. The van der Waals surface area contributed by atoms with Crippen LogP contribution in [0, 0.1) is 0 Å². The van der Waals surface area contributed by atoms with Crippen molar-refractivity contribution >= 4 is 45.1 Å². The topological polar surface area (TPSA) is 114 Å². The van der Waals surface area contributed by atoms with E-state index in [1.54, 1.807) is 25.1 Å². The molecule has 0 saturated heterocycles. The molecule has 2 N–H and O–H groups in total. The average Bonchev–Trinajstić information content (AvgIpc) is 3.02. The van der Waals surface area contributed by atoms with Crippen molar-refractivity contribution in [2.24, 2.45) is 5.73 Å². The molecule has 0 atom stereocenters. The predicted octanol–water partition coefficient (Wildman–Crippen LogP) is 3.16. The number of nitrogens with two attached hydrogens (primary N) is 1. The van der Waals surface area contributed by atoms with Crippen LogP contribution in [0.25, 0.3) is 10.4 Å². The van der Waals surface area contributed by atoms with Crippen molar-refractivity contribution in [2.75, 3.05) is 26.9 Å². The van der Waals surface area contributed by atoms with Gasteiger partial charge in [-0.1, -0.05) is 12.1 Å². The molecule has 1 heterocycles. The summed E-state index contributed by atoms with van der Waals surface area (Å²) in [5, 5.41) is 0. The third-order valence-electron chi connectivity index (χ3n) is 3.53. The zero-order valence-corrected chi connectivity index (χ0v) is 18.3. The van der Waals surface area contributed by atoms with E-state index in [1.807, 2.05) is 6.07 Å². The van der Waals surface area contributed by atoms with E-state index in [1.165, 1.54) is 7.11 Å². The first kappa shape index (κ1) is 22.7. The van der Waals surface area contributed by atoms with Gasteiger partial charge < -0.3 is 24.7 Å². The number of ether oxygens (including phenoxy) is 4. The molecule has 2 aromatic rings. The number of thiophene rings is 1. The molecule has 0 aliphatic carbocycles. The minimum Gasteiger partial charge on any atom is -0.493 e. The Morgan fingerprint density at radius 2 is 1.97 bits per heavy atom. The van der Waals surface area contributed by atoms with Crippen molar-refractivity contribution in [1.29, 1.82) is 0 Å². The van der Waals surface area contributed by atoms with Crippen LogP contribution in [-0.2, 0) is 19.1 Å². The van der Waals surface area contributed by atoms with Gasteiger partial charge in [-0.05, 0) is 40.5 Å². The van der Waals surface area contributed by atoms with Crippen LogP contribution in [0.3, 0.4) is 0 Å². The fourth-order valence-corrected chi connectivity index (χ4v) is 4.24. The van der Waals surface area contributed by atoms with Crippen LogP contribution in [0.2, 0.25) is 0 Å². The van der Waals surface area contributed by atoms with Gasteiger partial charge in [0.2, 0.25) is 5.91 Å². The molecule has 29 heavy (non-hydrogen) atoms. The lowest BCUT2D eigenvalue weighted by Crippen LogP contribution is -2.15. The standard InChI is InChI=1S/C19H20BrNO7S/c1-3-26-14(23)10-28-16-15(20)17(29-18(16)19(24)25-2)11-5-4-6-12(9-11)27-8-7-13(21)22/h4-6,9H,3,7-8,10H2,1-2H3,(H2,21,22). The summed E-state index contributed by atoms with van der Waals surface area (Å²) in [7, 11) is 1.26. The minimum atomic E-state index is -0.588. The Balaban J connectivity index is 2.31. The van der Waals surface area contributed by atoms with E-state index < -0.39 is 17.8 Å². The van der Waals surface area contributed by atoms with Crippen LogP contribution in [0.4, 0.5) is 0 Å². The van der Waals surface area contributed by atoms with E-state index in [2.05, 4.69) is 15.9 Å². The number of esters is 2. The van der Waals surface area contributed by atoms with Crippen LogP contribution in [0.15, 0.2) is 28.7 Å². The highest BCUT2D eigenvalue weighted by atomic mass is 79.9. The zero-order valence-electron chi connectivity index (χ0n) is 15.9. The van der Waals surface area contributed by atoms with E-state index >= 15 is 0 Å². The first-order chi connectivity index (χ1) is 13.9. The molecule has 1 aromatic carbocycles. The molecule has 0 spiro atoms. The first-order valence-electron chi connectivity index (χ1n) is 8.57. The van der Waals surface area contributed by atoms with Crippen molar-refractivity contribution in [3.63, 3.8) is 0 Å². The number of primary amides is 1. The van der Waals surface area contributed by atoms with Gasteiger partial charge in [0.25, 0.3) is 0 Å². The highest BCUT2D eigenvalue weighted by molar-refractivity contribution is 9.10. The Kier molecular flexibility index (Phi) is 8.47. The summed E-state index contributed by atoms with van der Waals surface area (Å²) >= 11 is 4.59. The van der Waals surface area contributed by atoms with Gasteiger partial charge in [0.05, 0.1) is 36.1 Å². The number of methoxy groups -OCH3 is 1. The number of carbonyl (C=O) groups is 3. The summed E-state index contributed by atoms with van der Waals surface area (Å²) in [6.45, 7) is 1.73. The van der Waals surface area contributed by atoms with Gasteiger partial charge >= 0.3 is 11.9 Å². The summed E-state index contributed by atoms with van der Waals surface area (Å²) in [6, 6.07) is 7.10. The number of halogens is 1. The van der Waals surface area contributed by atoms with Gasteiger partial charge in [0.15, 0.2) is 17.2 Å². The Morgan fingerprint density at radius 3 is 2.62 bits per heavy atom. The van der Waals surface area contributed by atoms with Gasteiger partial charge in [-0.2, -0.15) is 0 Å².